The molecule has 0 bridgehead atoms. The molecule has 1 aliphatic rings. The van der Waals surface area contributed by atoms with Crippen LogP contribution >= 0.6 is 0 Å². The lowest BCUT2D eigenvalue weighted by atomic mass is 10.1. The highest BCUT2D eigenvalue weighted by molar-refractivity contribution is 7.91. The molecule has 6 heteroatoms. The predicted molar refractivity (Wildman–Crippen MR) is 68.1 cm³/mol. The molecule has 0 aromatic carbocycles. The van der Waals surface area contributed by atoms with E-state index in [-0.39, 0.29) is 23.6 Å². The maximum atomic E-state index is 11.4. The molecule has 1 aliphatic heterocycles. The van der Waals surface area contributed by atoms with E-state index in [1.807, 2.05) is 19.1 Å². The van der Waals surface area contributed by atoms with Crippen LogP contribution in [0.25, 0.3) is 0 Å². The van der Waals surface area contributed by atoms with E-state index in [0.29, 0.717) is 0 Å². The SMILES string of the molecule is CC(CCc1ccco1)NC1CS(=O)(=O)CC1O. The number of nitrogens with one attached hydrogen (secondary N) is 1. The molecule has 0 spiro atoms. The number of aryl methyl sites for hydroxylation is 1. The molecule has 2 heterocycles. The van der Waals surface area contributed by atoms with Crippen LogP contribution < -0.4 is 5.32 Å². The third-order valence-corrected chi connectivity index (χ3v) is 4.94. The van der Waals surface area contributed by atoms with Crippen molar-refractivity contribution in [1.82, 2.24) is 5.32 Å². The van der Waals surface area contributed by atoms with E-state index in [1.54, 1.807) is 6.26 Å². The standard InChI is InChI=1S/C12H19NO4S/c1-9(4-5-10-3-2-6-17-10)13-11-7-18(15,16)8-12(11)14/h2-3,6,9,11-14H,4-5,7-8H2,1H3. The summed E-state index contributed by atoms with van der Waals surface area (Å²) in [5.74, 6) is 0.817. The van der Waals surface area contributed by atoms with Gasteiger partial charge in [0, 0.05) is 18.5 Å². The van der Waals surface area contributed by atoms with Gasteiger partial charge in [0.05, 0.1) is 23.9 Å². The molecule has 0 saturated carbocycles. The summed E-state index contributed by atoms with van der Waals surface area (Å²) < 4.78 is 28.0. The van der Waals surface area contributed by atoms with Crippen LogP contribution in [-0.4, -0.2) is 43.2 Å². The minimum atomic E-state index is -3.08. The van der Waals surface area contributed by atoms with Gasteiger partial charge in [0.15, 0.2) is 9.84 Å². The van der Waals surface area contributed by atoms with E-state index in [1.165, 1.54) is 0 Å². The molecule has 18 heavy (non-hydrogen) atoms. The van der Waals surface area contributed by atoms with E-state index < -0.39 is 15.9 Å². The molecule has 3 unspecified atom stereocenters. The molecule has 1 saturated heterocycles. The highest BCUT2D eigenvalue weighted by Crippen LogP contribution is 2.14. The summed E-state index contributed by atoms with van der Waals surface area (Å²) >= 11 is 0. The van der Waals surface area contributed by atoms with Gasteiger partial charge in [-0.2, -0.15) is 0 Å². The summed E-state index contributed by atoms with van der Waals surface area (Å²) in [4.78, 5) is 0. The average molecular weight is 273 g/mol. The number of sulfone groups is 1. The minimum Gasteiger partial charge on any atom is -0.469 e. The molecule has 5 nitrogen and oxygen atoms in total. The van der Waals surface area contributed by atoms with Crippen molar-refractivity contribution in [3.8, 4) is 0 Å². The first-order valence-electron chi connectivity index (χ1n) is 6.13. The zero-order chi connectivity index (χ0) is 13.2. The molecule has 1 aromatic heterocycles. The van der Waals surface area contributed by atoms with Crippen molar-refractivity contribution in [2.45, 2.75) is 38.0 Å². The Kier molecular flexibility index (Phi) is 4.09. The van der Waals surface area contributed by atoms with Gasteiger partial charge >= 0.3 is 0 Å². The van der Waals surface area contributed by atoms with Gasteiger partial charge < -0.3 is 14.8 Å². The molecule has 3 atom stereocenters. The third kappa shape index (κ3) is 3.57. The van der Waals surface area contributed by atoms with Crippen molar-refractivity contribution in [2.24, 2.45) is 0 Å². The second kappa shape index (κ2) is 5.42. The largest absolute Gasteiger partial charge is 0.469 e. The third-order valence-electron chi connectivity index (χ3n) is 3.23. The summed E-state index contributed by atoms with van der Waals surface area (Å²) in [6.07, 6.45) is 2.50. The van der Waals surface area contributed by atoms with Gasteiger partial charge in [0.2, 0.25) is 0 Å². The van der Waals surface area contributed by atoms with E-state index >= 15 is 0 Å². The van der Waals surface area contributed by atoms with Crippen LogP contribution in [0.5, 0.6) is 0 Å². The van der Waals surface area contributed by atoms with Crippen LogP contribution in [0.3, 0.4) is 0 Å². The molecule has 2 rings (SSSR count). The van der Waals surface area contributed by atoms with Crippen molar-refractivity contribution < 1.29 is 17.9 Å². The Hall–Kier alpha value is -0.850. The molecular formula is C12H19NO4S. The summed E-state index contributed by atoms with van der Waals surface area (Å²) in [7, 11) is -3.08. The first kappa shape index (κ1) is 13.6. The zero-order valence-corrected chi connectivity index (χ0v) is 11.2. The second-order valence-electron chi connectivity index (χ2n) is 4.94. The summed E-state index contributed by atoms with van der Waals surface area (Å²) in [5.41, 5.74) is 0. The molecule has 102 valence electrons. The van der Waals surface area contributed by atoms with Gasteiger partial charge in [-0.1, -0.05) is 0 Å². The Morgan fingerprint density at radius 3 is 2.89 bits per heavy atom. The van der Waals surface area contributed by atoms with Gasteiger partial charge in [0.1, 0.15) is 5.76 Å². The van der Waals surface area contributed by atoms with E-state index in [0.717, 1.165) is 18.6 Å². The zero-order valence-electron chi connectivity index (χ0n) is 10.4. The molecule has 0 aliphatic carbocycles. The fourth-order valence-corrected chi connectivity index (χ4v) is 4.00. The highest BCUT2D eigenvalue weighted by atomic mass is 32.2. The minimum absolute atomic E-state index is 0.0270. The van der Waals surface area contributed by atoms with Crippen LogP contribution in [0.1, 0.15) is 19.1 Å². The van der Waals surface area contributed by atoms with Gasteiger partial charge in [-0.3, -0.25) is 0 Å². The Balaban J connectivity index is 1.79. The van der Waals surface area contributed by atoms with Crippen LogP contribution in [-0.2, 0) is 16.3 Å². The monoisotopic (exact) mass is 273 g/mol. The number of furan rings is 1. The Bertz CT molecular complexity index is 468. The first-order chi connectivity index (χ1) is 8.46. The van der Waals surface area contributed by atoms with E-state index in [2.05, 4.69) is 5.32 Å². The van der Waals surface area contributed by atoms with Gasteiger partial charge in [-0.15, -0.1) is 0 Å². The van der Waals surface area contributed by atoms with Crippen LogP contribution in [0.2, 0.25) is 0 Å². The van der Waals surface area contributed by atoms with Crippen molar-refractivity contribution >= 4 is 9.84 Å². The predicted octanol–water partition coefficient (Wildman–Crippen LogP) is 0.348. The van der Waals surface area contributed by atoms with Crippen molar-refractivity contribution in [2.75, 3.05) is 11.5 Å². The summed E-state index contributed by atoms with van der Waals surface area (Å²) in [6, 6.07) is 3.56. The Morgan fingerprint density at radius 1 is 1.56 bits per heavy atom. The van der Waals surface area contributed by atoms with Crippen molar-refractivity contribution in [3.05, 3.63) is 24.2 Å². The fourth-order valence-electron chi connectivity index (χ4n) is 2.25. The fraction of sp³-hybridized carbons (Fsp3) is 0.667. The van der Waals surface area contributed by atoms with Gasteiger partial charge in [-0.25, -0.2) is 8.42 Å². The van der Waals surface area contributed by atoms with Crippen LogP contribution in [0.4, 0.5) is 0 Å². The van der Waals surface area contributed by atoms with E-state index in [9.17, 15) is 13.5 Å². The quantitative estimate of drug-likeness (QED) is 0.809. The number of rotatable bonds is 5. The van der Waals surface area contributed by atoms with Crippen molar-refractivity contribution in [3.63, 3.8) is 0 Å². The number of aliphatic hydroxyl groups is 1. The molecule has 0 radical (unpaired) electrons. The maximum Gasteiger partial charge on any atom is 0.154 e. The average Bonchev–Trinajstić information content (AvgIpc) is 2.84. The number of hydrogen-bond donors (Lipinski definition) is 2. The van der Waals surface area contributed by atoms with E-state index in [4.69, 9.17) is 4.42 Å². The maximum absolute atomic E-state index is 11.4. The van der Waals surface area contributed by atoms with Crippen molar-refractivity contribution in [1.29, 1.82) is 0 Å². The topological polar surface area (TPSA) is 79.5 Å². The molecule has 1 fully saturated rings. The molecular weight excluding hydrogens is 254 g/mol. The lowest BCUT2D eigenvalue weighted by Gasteiger charge is -2.20. The lowest BCUT2D eigenvalue weighted by Crippen LogP contribution is -2.43. The molecule has 2 N–H and O–H groups in total. The van der Waals surface area contributed by atoms with Crippen LogP contribution in [0, 0.1) is 0 Å². The highest BCUT2D eigenvalue weighted by Gasteiger charge is 2.36. The molecule has 1 aromatic rings. The lowest BCUT2D eigenvalue weighted by molar-refractivity contribution is 0.159. The summed E-state index contributed by atoms with van der Waals surface area (Å²) in [5, 5.41) is 12.8. The first-order valence-corrected chi connectivity index (χ1v) is 7.95. The van der Waals surface area contributed by atoms with Gasteiger partial charge in [-0.05, 0) is 25.5 Å². The smallest absolute Gasteiger partial charge is 0.154 e. The molecule has 0 amide bonds. The normalized spacial score (nSPS) is 28.3. The number of aliphatic hydroxyl groups excluding tert-OH is 1. The number of hydrogen-bond acceptors (Lipinski definition) is 5. The van der Waals surface area contributed by atoms with Crippen LogP contribution in [0.15, 0.2) is 22.8 Å². The Labute approximate surface area is 107 Å². The van der Waals surface area contributed by atoms with Gasteiger partial charge in [0.25, 0.3) is 0 Å². The second-order valence-corrected chi connectivity index (χ2v) is 7.09. The Morgan fingerprint density at radius 2 is 2.33 bits per heavy atom. The summed E-state index contributed by atoms with van der Waals surface area (Å²) in [6.45, 7) is 1.99.